The number of hydrogen-bond donors (Lipinski definition) is 3. The number of nitrogens with one attached hydrogen (secondary N) is 1. The first-order chi connectivity index (χ1) is 37.5. The largest absolute Gasteiger partial charge is 0.466 e. The summed E-state index contributed by atoms with van der Waals surface area (Å²) in [4.78, 5) is 24.5. The minimum atomic E-state index is -0.842. The first kappa shape index (κ1) is 74.1. The smallest absolute Gasteiger partial charge is 0.305 e. The Bertz CT molecular complexity index is 1230. The lowest BCUT2D eigenvalue weighted by Crippen LogP contribution is -2.45. The van der Waals surface area contributed by atoms with Gasteiger partial charge in [-0.05, 0) is 83.5 Å². The predicted molar refractivity (Wildman–Crippen MR) is 333 cm³/mol. The Hall–Kier alpha value is -1.92. The third-order valence-corrected chi connectivity index (χ3v) is 15.9. The lowest BCUT2D eigenvalue weighted by atomic mass is 10.0. The topological polar surface area (TPSA) is 95.9 Å². The van der Waals surface area contributed by atoms with Crippen LogP contribution in [0.1, 0.15) is 373 Å². The molecule has 0 aliphatic rings. The zero-order chi connectivity index (χ0) is 55.0. The van der Waals surface area contributed by atoms with E-state index in [2.05, 4.69) is 43.5 Å². The van der Waals surface area contributed by atoms with Crippen LogP contribution in [0, 0.1) is 0 Å². The Balaban J connectivity index is 3.36. The molecule has 0 saturated carbocycles. The molecule has 6 nitrogen and oxygen atoms in total. The second kappa shape index (κ2) is 65.6. The van der Waals surface area contributed by atoms with E-state index in [-0.39, 0.29) is 18.5 Å². The van der Waals surface area contributed by atoms with Crippen LogP contribution in [0.3, 0.4) is 0 Å². The van der Waals surface area contributed by atoms with E-state index in [1.165, 1.54) is 302 Å². The molecule has 0 fully saturated rings. The van der Waals surface area contributed by atoms with Crippen LogP contribution in [-0.4, -0.2) is 47.4 Å². The van der Waals surface area contributed by atoms with Gasteiger partial charge in [-0.2, -0.15) is 0 Å². The van der Waals surface area contributed by atoms with E-state index in [4.69, 9.17) is 4.74 Å². The molecule has 0 heterocycles. The van der Waals surface area contributed by atoms with Gasteiger partial charge in [-0.3, -0.25) is 9.59 Å². The monoisotopic (exact) mass is 1070 g/mol. The van der Waals surface area contributed by atoms with Crippen molar-refractivity contribution in [1.82, 2.24) is 5.32 Å². The minimum absolute atomic E-state index is 0.0137. The minimum Gasteiger partial charge on any atom is -0.466 e. The lowest BCUT2D eigenvalue weighted by molar-refractivity contribution is -0.143. The fraction of sp³-hybridized carbons (Fsp3) is 0.886. The summed E-state index contributed by atoms with van der Waals surface area (Å²) in [5.41, 5.74) is 0. The molecule has 0 aliphatic carbocycles. The van der Waals surface area contributed by atoms with E-state index in [9.17, 15) is 19.8 Å². The number of aliphatic hydroxyl groups excluding tert-OH is 2. The molecular weight excluding hydrogens is 935 g/mol. The Labute approximate surface area is 474 Å². The summed E-state index contributed by atoms with van der Waals surface area (Å²) in [6.07, 6.45) is 83.7. The van der Waals surface area contributed by atoms with Gasteiger partial charge in [0.05, 0.1) is 25.4 Å². The number of amides is 1. The van der Waals surface area contributed by atoms with E-state index in [0.29, 0.717) is 19.4 Å². The highest BCUT2D eigenvalue weighted by molar-refractivity contribution is 5.76. The van der Waals surface area contributed by atoms with E-state index in [0.717, 1.165) is 44.9 Å². The number of carbonyl (C=O) groups is 2. The van der Waals surface area contributed by atoms with Crippen LogP contribution in [0.2, 0.25) is 0 Å². The fourth-order valence-corrected chi connectivity index (χ4v) is 10.6. The van der Waals surface area contributed by atoms with Crippen molar-refractivity contribution in [3.8, 4) is 0 Å². The average molecular weight is 1070 g/mol. The van der Waals surface area contributed by atoms with Crippen LogP contribution in [0.5, 0.6) is 0 Å². The molecule has 2 unspecified atom stereocenters. The number of ether oxygens (including phenoxy) is 1. The summed E-state index contributed by atoms with van der Waals surface area (Å²) < 4.78 is 5.50. The first-order valence-electron chi connectivity index (χ1n) is 34.3. The summed E-state index contributed by atoms with van der Waals surface area (Å²) in [6.45, 7) is 4.91. The van der Waals surface area contributed by atoms with E-state index in [1.54, 1.807) is 6.08 Å². The maximum atomic E-state index is 12.4. The molecule has 448 valence electrons. The highest BCUT2D eigenvalue weighted by Crippen LogP contribution is 2.18. The summed E-state index contributed by atoms with van der Waals surface area (Å²) in [5.74, 6) is -0.0524. The number of esters is 1. The highest BCUT2D eigenvalue weighted by atomic mass is 16.5. The first-order valence-corrected chi connectivity index (χ1v) is 34.3. The molecule has 0 aromatic heterocycles. The molecule has 6 heteroatoms. The quantitative estimate of drug-likeness (QED) is 0.0320. The molecule has 0 aliphatic heterocycles. The van der Waals surface area contributed by atoms with Crippen LogP contribution in [0.15, 0.2) is 36.5 Å². The normalized spacial score (nSPS) is 12.7. The van der Waals surface area contributed by atoms with Crippen molar-refractivity contribution in [1.29, 1.82) is 0 Å². The van der Waals surface area contributed by atoms with Crippen LogP contribution in [-0.2, 0) is 14.3 Å². The molecule has 0 spiro atoms. The second-order valence-electron chi connectivity index (χ2n) is 23.5. The molecule has 0 radical (unpaired) electrons. The zero-order valence-electron chi connectivity index (χ0n) is 51.3. The van der Waals surface area contributed by atoms with Crippen LogP contribution in [0.25, 0.3) is 0 Å². The Morgan fingerprint density at radius 3 is 0.934 bits per heavy atom. The standard InChI is InChI=1S/C70H133NO5/c1-3-5-7-9-11-13-15-17-18-33-37-40-44-48-52-56-60-64-70(75)76-65-61-57-53-49-45-41-38-35-32-30-28-26-24-22-20-19-21-23-25-27-29-31-34-36-39-43-47-51-55-59-63-69(74)71-67(66-72)68(73)62-58-54-50-46-42-16-14-12-10-8-6-4-2/h17-18,20,22,58,62,67-68,72-73H,3-16,19,21,23-57,59-61,63-66H2,1-2H3,(H,71,74)/b18-17-,22-20-,62-58+. The van der Waals surface area contributed by atoms with Crippen molar-refractivity contribution in [3.05, 3.63) is 36.5 Å². The maximum Gasteiger partial charge on any atom is 0.305 e. The van der Waals surface area contributed by atoms with Gasteiger partial charge in [0.25, 0.3) is 0 Å². The Morgan fingerprint density at radius 1 is 0.355 bits per heavy atom. The lowest BCUT2D eigenvalue weighted by Gasteiger charge is -2.20. The summed E-state index contributed by atoms with van der Waals surface area (Å²) in [5, 5.41) is 23.1. The van der Waals surface area contributed by atoms with Gasteiger partial charge in [0.2, 0.25) is 5.91 Å². The predicted octanol–water partition coefficient (Wildman–Crippen LogP) is 21.9. The molecule has 0 rings (SSSR count). The molecule has 0 aromatic rings. The molecule has 1 amide bonds. The molecule has 2 atom stereocenters. The molecule has 0 aromatic carbocycles. The number of allylic oxidation sites excluding steroid dienone is 5. The Kier molecular flexibility index (Phi) is 63.9. The van der Waals surface area contributed by atoms with Gasteiger partial charge in [-0.1, -0.05) is 314 Å². The maximum absolute atomic E-state index is 12.4. The van der Waals surface area contributed by atoms with Gasteiger partial charge in [-0.15, -0.1) is 0 Å². The van der Waals surface area contributed by atoms with Crippen molar-refractivity contribution in [2.45, 2.75) is 386 Å². The number of hydrogen-bond acceptors (Lipinski definition) is 5. The average Bonchev–Trinajstić information content (AvgIpc) is 3.42. The van der Waals surface area contributed by atoms with Gasteiger partial charge >= 0.3 is 5.97 Å². The van der Waals surface area contributed by atoms with Crippen molar-refractivity contribution >= 4 is 11.9 Å². The van der Waals surface area contributed by atoms with Gasteiger partial charge in [0, 0.05) is 12.8 Å². The summed E-state index contributed by atoms with van der Waals surface area (Å²) >= 11 is 0. The number of unbranched alkanes of at least 4 members (excludes halogenated alkanes) is 49. The number of carbonyl (C=O) groups excluding carboxylic acids is 2. The van der Waals surface area contributed by atoms with Crippen molar-refractivity contribution < 1.29 is 24.5 Å². The van der Waals surface area contributed by atoms with Crippen molar-refractivity contribution in [2.24, 2.45) is 0 Å². The van der Waals surface area contributed by atoms with Gasteiger partial charge in [0.15, 0.2) is 0 Å². The highest BCUT2D eigenvalue weighted by Gasteiger charge is 2.18. The molecule has 0 saturated heterocycles. The molecule has 76 heavy (non-hydrogen) atoms. The van der Waals surface area contributed by atoms with Crippen molar-refractivity contribution in [3.63, 3.8) is 0 Å². The van der Waals surface area contributed by atoms with Crippen LogP contribution >= 0.6 is 0 Å². The van der Waals surface area contributed by atoms with Gasteiger partial charge in [0.1, 0.15) is 0 Å². The SMILES string of the molecule is CCCCCCCC/C=C\CCCCCCCCCC(=O)OCCCCCCCCCCCCCC/C=C\CCCCCCCCCCCCCCCCC(=O)NC(CO)C(O)/C=C/CCCCCCCCCCCC. The fourth-order valence-electron chi connectivity index (χ4n) is 10.6. The Morgan fingerprint density at radius 2 is 0.618 bits per heavy atom. The molecule has 0 bridgehead atoms. The third kappa shape index (κ3) is 61.3. The van der Waals surface area contributed by atoms with Crippen molar-refractivity contribution in [2.75, 3.05) is 13.2 Å². The second-order valence-corrected chi connectivity index (χ2v) is 23.5. The van der Waals surface area contributed by atoms with E-state index >= 15 is 0 Å². The van der Waals surface area contributed by atoms with E-state index in [1.807, 2.05) is 6.08 Å². The zero-order valence-corrected chi connectivity index (χ0v) is 51.3. The number of rotatable bonds is 64. The van der Waals surface area contributed by atoms with Gasteiger partial charge < -0.3 is 20.3 Å². The van der Waals surface area contributed by atoms with Gasteiger partial charge in [-0.25, -0.2) is 0 Å². The van der Waals surface area contributed by atoms with Crippen LogP contribution in [0.4, 0.5) is 0 Å². The molecular formula is C70H133NO5. The number of aliphatic hydroxyl groups is 2. The summed E-state index contributed by atoms with van der Waals surface area (Å²) in [7, 11) is 0. The third-order valence-electron chi connectivity index (χ3n) is 15.9. The molecule has 3 N–H and O–H groups in total. The van der Waals surface area contributed by atoms with Crippen LogP contribution < -0.4 is 5.32 Å². The van der Waals surface area contributed by atoms with E-state index < -0.39 is 12.1 Å². The summed E-state index contributed by atoms with van der Waals surface area (Å²) in [6, 6.07) is -0.626.